The minimum Gasteiger partial charge on any atom is -0.302 e. The number of hydrogen-bond acceptors (Lipinski definition) is 5. The van der Waals surface area contributed by atoms with Crippen molar-refractivity contribution in [2.75, 3.05) is 11.9 Å². The lowest BCUT2D eigenvalue weighted by molar-refractivity contribution is -0.138. The lowest BCUT2D eigenvalue weighted by Gasteiger charge is -2.12. The summed E-state index contributed by atoms with van der Waals surface area (Å²) in [6.45, 7) is 0.295. The van der Waals surface area contributed by atoms with Gasteiger partial charge < -0.3 is 5.32 Å². The molecule has 1 aliphatic rings. The second-order valence-electron chi connectivity index (χ2n) is 6.03. The number of carbonyl (C=O) groups excluding carboxylic acids is 3. The van der Waals surface area contributed by atoms with Gasteiger partial charge in [0.2, 0.25) is 17.7 Å². The maximum atomic E-state index is 12.0. The molecule has 0 spiro atoms. The average Bonchev–Trinajstić information content (AvgIpc) is 3.15. The zero-order valence-corrected chi connectivity index (χ0v) is 15.6. The fraction of sp³-hybridized carbons (Fsp3) is 0.333. The van der Waals surface area contributed by atoms with Crippen LogP contribution in [0.4, 0.5) is 5.13 Å². The minimum atomic E-state index is -0.173. The number of nitrogens with zero attached hydrogens (tertiary/aromatic N) is 2. The highest BCUT2D eigenvalue weighted by molar-refractivity contribution is 7.15. The predicted octanol–water partition coefficient (Wildman–Crippen LogP) is 3.26. The molecule has 0 aliphatic carbocycles. The maximum absolute atomic E-state index is 12.0. The van der Waals surface area contributed by atoms with Crippen LogP contribution in [0.1, 0.15) is 36.1 Å². The number of amides is 3. The Kier molecular flexibility index (Phi) is 6.00. The van der Waals surface area contributed by atoms with E-state index >= 15 is 0 Å². The molecule has 2 aromatic rings. The molecule has 26 heavy (non-hydrogen) atoms. The van der Waals surface area contributed by atoms with Gasteiger partial charge in [-0.05, 0) is 24.1 Å². The summed E-state index contributed by atoms with van der Waals surface area (Å²) in [6, 6.07) is 7.62. The van der Waals surface area contributed by atoms with Gasteiger partial charge in [0.05, 0.1) is 0 Å². The van der Waals surface area contributed by atoms with Gasteiger partial charge >= 0.3 is 0 Å². The largest absolute Gasteiger partial charge is 0.302 e. The van der Waals surface area contributed by atoms with Crippen molar-refractivity contribution >= 4 is 45.8 Å². The Morgan fingerprint density at radius 2 is 2.04 bits per heavy atom. The average molecular weight is 392 g/mol. The zero-order valence-electron chi connectivity index (χ0n) is 14.0. The van der Waals surface area contributed by atoms with E-state index in [1.165, 1.54) is 16.2 Å². The van der Waals surface area contributed by atoms with Crippen molar-refractivity contribution in [1.82, 2.24) is 9.88 Å². The van der Waals surface area contributed by atoms with E-state index < -0.39 is 0 Å². The highest BCUT2D eigenvalue weighted by Crippen LogP contribution is 2.22. The highest BCUT2D eigenvalue weighted by atomic mass is 35.5. The Balaban J connectivity index is 1.45. The van der Waals surface area contributed by atoms with Crippen LogP contribution < -0.4 is 5.32 Å². The third-order valence-electron chi connectivity index (χ3n) is 4.01. The zero-order chi connectivity index (χ0) is 18.5. The van der Waals surface area contributed by atoms with Crippen LogP contribution in [0.15, 0.2) is 30.5 Å². The summed E-state index contributed by atoms with van der Waals surface area (Å²) in [7, 11) is 0. The Bertz CT molecular complexity index is 821. The minimum absolute atomic E-state index is 0.152. The summed E-state index contributed by atoms with van der Waals surface area (Å²) in [6.07, 6.45) is 3.68. The predicted molar refractivity (Wildman–Crippen MR) is 100 cm³/mol. The fourth-order valence-electron chi connectivity index (χ4n) is 2.75. The molecule has 3 amide bonds. The van der Waals surface area contributed by atoms with E-state index in [1.807, 2.05) is 24.3 Å². The molecule has 6 nitrogen and oxygen atoms in total. The number of thiazole rings is 1. The standard InChI is InChI=1S/C18H18ClN3O3S/c19-13-4-1-3-12(9-13)10-14-11-20-18(26-14)21-15(23)5-2-8-22-16(24)6-7-17(22)25/h1,3-4,9,11H,2,5-8,10H2,(H,20,21,23). The summed E-state index contributed by atoms with van der Waals surface area (Å²) in [5.74, 6) is -0.477. The number of rotatable bonds is 7. The Hall–Kier alpha value is -2.25. The van der Waals surface area contributed by atoms with Crippen LogP contribution in [0.25, 0.3) is 0 Å². The van der Waals surface area contributed by atoms with Crippen molar-refractivity contribution < 1.29 is 14.4 Å². The van der Waals surface area contributed by atoms with E-state index in [9.17, 15) is 14.4 Å². The van der Waals surface area contributed by atoms with Crippen LogP contribution in [-0.2, 0) is 20.8 Å². The number of carbonyl (C=O) groups is 3. The molecule has 8 heteroatoms. The number of imide groups is 1. The Morgan fingerprint density at radius 1 is 1.27 bits per heavy atom. The third-order valence-corrected chi connectivity index (χ3v) is 5.16. The second kappa shape index (κ2) is 8.42. The number of anilines is 1. The first-order valence-electron chi connectivity index (χ1n) is 8.33. The molecular formula is C18H18ClN3O3S. The molecule has 1 aromatic heterocycles. The summed E-state index contributed by atoms with van der Waals surface area (Å²) < 4.78 is 0. The second-order valence-corrected chi connectivity index (χ2v) is 7.58. The van der Waals surface area contributed by atoms with E-state index in [0.717, 1.165) is 10.4 Å². The van der Waals surface area contributed by atoms with Crippen LogP contribution in [-0.4, -0.2) is 34.2 Å². The number of nitrogens with one attached hydrogen (secondary N) is 1. The number of aromatic nitrogens is 1. The van der Waals surface area contributed by atoms with Gasteiger partial charge in [0.25, 0.3) is 0 Å². The molecule has 0 saturated carbocycles. The molecule has 1 aliphatic heterocycles. The van der Waals surface area contributed by atoms with Gasteiger partial charge in [0.1, 0.15) is 0 Å². The lowest BCUT2D eigenvalue weighted by atomic mass is 10.1. The smallest absolute Gasteiger partial charge is 0.229 e. The molecule has 1 aromatic carbocycles. The van der Waals surface area contributed by atoms with E-state index in [0.29, 0.717) is 29.5 Å². The van der Waals surface area contributed by atoms with Crippen molar-refractivity contribution in [1.29, 1.82) is 0 Å². The highest BCUT2D eigenvalue weighted by Gasteiger charge is 2.28. The number of likely N-dealkylation sites (tertiary alicyclic amines) is 1. The van der Waals surface area contributed by atoms with Gasteiger partial charge in [-0.1, -0.05) is 23.7 Å². The molecule has 136 valence electrons. The normalized spacial score (nSPS) is 14.1. The SMILES string of the molecule is O=C(CCCN1C(=O)CCC1=O)Nc1ncc(Cc2cccc(Cl)c2)s1. The summed E-state index contributed by atoms with van der Waals surface area (Å²) >= 11 is 7.40. The first kappa shape index (κ1) is 18.5. The summed E-state index contributed by atoms with van der Waals surface area (Å²) in [4.78, 5) is 41.5. The quantitative estimate of drug-likeness (QED) is 0.735. The van der Waals surface area contributed by atoms with E-state index in [4.69, 9.17) is 11.6 Å². The molecule has 3 rings (SSSR count). The van der Waals surface area contributed by atoms with Crippen molar-refractivity contribution in [3.05, 3.63) is 45.9 Å². The Morgan fingerprint density at radius 3 is 2.77 bits per heavy atom. The van der Waals surface area contributed by atoms with Gasteiger partial charge in [0.15, 0.2) is 5.13 Å². The van der Waals surface area contributed by atoms with Crippen LogP contribution in [0.5, 0.6) is 0 Å². The molecule has 1 fully saturated rings. The summed E-state index contributed by atoms with van der Waals surface area (Å²) in [5.41, 5.74) is 1.08. The summed E-state index contributed by atoms with van der Waals surface area (Å²) in [5, 5.41) is 3.99. The molecule has 0 atom stereocenters. The lowest BCUT2D eigenvalue weighted by Crippen LogP contribution is -2.30. The molecule has 2 heterocycles. The molecule has 1 N–H and O–H groups in total. The molecule has 0 radical (unpaired) electrons. The number of halogens is 1. The first-order chi connectivity index (χ1) is 12.5. The topological polar surface area (TPSA) is 79.4 Å². The van der Waals surface area contributed by atoms with Crippen molar-refractivity contribution in [3.8, 4) is 0 Å². The van der Waals surface area contributed by atoms with Gasteiger partial charge in [-0.15, -0.1) is 11.3 Å². The van der Waals surface area contributed by atoms with Crippen molar-refractivity contribution in [2.24, 2.45) is 0 Å². The number of benzene rings is 1. The fourth-order valence-corrected chi connectivity index (χ4v) is 3.82. The van der Waals surface area contributed by atoms with Gasteiger partial charge in [-0.25, -0.2) is 4.98 Å². The van der Waals surface area contributed by atoms with Gasteiger partial charge in [-0.3, -0.25) is 19.3 Å². The van der Waals surface area contributed by atoms with Crippen molar-refractivity contribution in [2.45, 2.75) is 32.1 Å². The van der Waals surface area contributed by atoms with Crippen LogP contribution in [0, 0.1) is 0 Å². The van der Waals surface area contributed by atoms with E-state index in [-0.39, 0.29) is 37.0 Å². The van der Waals surface area contributed by atoms with Gasteiger partial charge in [-0.2, -0.15) is 0 Å². The van der Waals surface area contributed by atoms with Crippen LogP contribution in [0.3, 0.4) is 0 Å². The molecular weight excluding hydrogens is 374 g/mol. The van der Waals surface area contributed by atoms with Crippen LogP contribution in [0.2, 0.25) is 5.02 Å². The number of hydrogen-bond donors (Lipinski definition) is 1. The van der Waals surface area contributed by atoms with Gasteiger partial charge in [0, 0.05) is 48.3 Å². The van der Waals surface area contributed by atoms with E-state index in [2.05, 4.69) is 10.3 Å². The maximum Gasteiger partial charge on any atom is 0.229 e. The molecule has 0 bridgehead atoms. The van der Waals surface area contributed by atoms with E-state index in [1.54, 1.807) is 6.20 Å². The third kappa shape index (κ3) is 4.89. The molecule has 0 unspecified atom stereocenters. The first-order valence-corrected chi connectivity index (χ1v) is 9.53. The molecule has 1 saturated heterocycles. The van der Waals surface area contributed by atoms with Crippen LogP contribution >= 0.6 is 22.9 Å². The Labute approximate surface area is 160 Å². The monoisotopic (exact) mass is 391 g/mol. The van der Waals surface area contributed by atoms with Crippen molar-refractivity contribution in [3.63, 3.8) is 0 Å².